The molecular formula is C15H20N+. The number of nitrogens with zero attached hydrogens (tertiary/aromatic N) is 1. The van der Waals surface area contributed by atoms with E-state index in [-0.39, 0.29) is 0 Å². The van der Waals surface area contributed by atoms with Crippen molar-refractivity contribution >= 4 is 0 Å². The molecule has 1 aliphatic rings. The van der Waals surface area contributed by atoms with Gasteiger partial charge < -0.3 is 4.48 Å². The third-order valence-electron chi connectivity index (χ3n) is 3.69. The Kier molecular flexibility index (Phi) is 2.78. The van der Waals surface area contributed by atoms with Crippen molar-refractivity contribution in [1.29, 1.82) is 0 Å². The van der Waals surface area contributed by atoms with Gasteiger partial charge in [-0.25, -0.2) is 0 Å². The Morgan fingerprint density at radius 1 is 1.44 bits per heavy atom. The van der Waals surface area contributed by atoms with Crippen LogP contribution in [-0.4, -0.2) is 25.1 Å². The first-order valence-corrected chi connectivity index (χ1v) is 5.90. The molecule has 0 fully saturated rings. The summed E-state index contributed by atoms with van der Waals surface area (Å²) >= 11 is 0. The standard InChI is InChI=1S/C15H20N/c1-5-10-16(3,4)15-9-7-13-11-12(2)6-8-14(13)15/h1,6,8,11,15H,7,9-10H2,2-4H3/q+1. The molecule has 1 aromatic rings. The summed E-state index contributed by atoms with van der Waals surface area (Å²) in [7, 11) is 4.47. The summed E-state index contributed by atoms with van der Waals surface area (Å²) < 4.78 is 0.909. The van der Waals surface area contributed by atoms with E-state index >= 15 is 0 Å². The van der Waals surface area contributed by atoms with Crippen molar-refractivity contribution in [3.05, 3.63) is 34.9 Å². The Bertz CT molecular complexity index is 437. The predicted octanol–water partition coefficient (Wildman–Crippen LogP) is 2.69. The molecule has 0 aliphatic heterocycles. The highest BCUT2D eigenvalue weighted by Gasteiger charge is 2.34. The van der Waals surface area contributed by atoms with Gasteiger partial charge in [0.15, 0.2) is 0 Å². The first-order valence-electron chi connectivity index (χ1n) is 5.90. The Morgan fingerprint density at radius 3 is 2.88 bits per heavy atom. The largest absolute Gasteiger partial charge is 0.312 e. The van der Waals surface area contributed by atoms with Crippen molar-refractivity contribution in [2.75, 3.05) is 20.6 Å². The average Bonchev–Trinajstić information content (AvgIpc) is 2.60. The summed E-state index contributed by atoms with van der Waals surface area (Å²) in [6, 6.07) is 7.41. The molecule has 84 valence electrons. The lowest BCUT2D eigenvalue weighted by Gasteiger charge is -2.34. The molecule has 2 rings (SSSR count). The van der Waals surface area contributed by atoms with E-state index in [9.17, 15) is 0 Å². The molecule has 1 aliphatic carbocycles. The smallest absolute Gasteiger partial charge is 0.140 e. The zero-order valence-corrected chi connectivity index (χ0v) is 10.5. The van der Waals surface area contributed by atoms with Crippen LogP contribution in [0.4, 0.5) is 0 Å². The highest BCUT2D eigenvalue weighted by molar-refractivity contribution is 5.36. The fourth-order valence-electron chi connectivity index (χ4n) is 2.80. The van der Waals surface area contributed by atoms with Crippen LogP contribution in [0, 0.1) is 19.3 Å². The summed E-state index contributed by atoms with van der Waals surface area (Å²) in [5, 5.41) is 0. The van der Waals surface area contributed by atoms with Gasteiger partial charge >= 0.3 is 0 Å². The molecule has 1 aromatic carbocycles. The lowest BCUT2D eigenvalue weighted by Crippen LogP contribution is -2.42. The van der Waals surface area contributed by atoms with E-state index in [2.05, 4.69) is 45.1 Å². The third kappa shape index (κ3) is 1.86. The van der Waals surface area contributed by atoms with E-state index in [0.717, 1.165) is 11.0 Å². The predicted molar refractivity (Wildman–Crippen MR) is 68.0 cm³/mol. The zero-order chi connectivity index (χ0) is 11.8. The molecule has 0 bridgehead atoms. The molecule has 1 unspecified atom stereocenters. The maximum atomic E-state index is 5.46. The molecule has 1 nitrogen and oxygen atoms in total. The Morgan fingerprint density at radius 2 is 2.19 bits per heavy atom. The van der Waals surface area contributed by atoms with Gasteiger partial charge in [0.2, 0.25) is 0 Å². The van der Waals surface area contributed by atoms with E-state index in [1.807, 2.05) is 0 Å². The molecule has 0 spiro atoms. The minimum atomic E-state index is 0.576. The lowest BCUT2D eigenvalue weighted by molar-refractivity contribution is -0.914. The fourth-order valence-corrected chi connectivity index (χ4v) is 2.80. The normalized spacial score (nSPS) is 19.2. The third-order valence-corrected chi connectivity index (χ3v) is 3.69. The van der Waals surface area contributed by atoms with Crippen molar-refractivity contribution in [2.24, 2.45) is 0 Å². The van der Waals surface area contributed by atoms with Crippen molar-refractivity contribution in [1.82, 2.24) is 0 Å². The van der Waals surface area contributed by atoms with E-state index in [1.165, 1.54) is 29.5 Å². The number of fused-ring (bicyclic) bond motifs is 1. The van der Waals surface area contributed by atoms with Gasteiger partial charge in [0, 0.05) is 12.0 Å². The van der Waals surface area contributed by atoms with Crippen LogP contribution in [0.3, 0.4) is 0 Å². The molecule has 0 heterocycles. The van der Waals surface area contributed by atoms with Crippen LogP contribution < -0.4 is 0 Å². The quantitative estimate of drug-likeness (QED) is 0.524. The Balaban J connectivity index is 2.34. The van der Waals surface area contributed by atoms with Gasteiger partial charge in [-0.2, -0.15) is 0 Å². The van der Waals surface area contributed by atoms with Crippen LogP contribution >= 0.6 is 0 Å². The van der Waals surface area contributed by atoms with Gasteiger partial charge in [0.05, 0.1) is 14.1 Å². The van der Waals surface area contributed by atoms with Crippen LogP contribution in [0.5, 0.6) is 0 Å². The summed E-state index contributed by atoms with van der Waals surface area (Å²) in [6.45, 7) is 2.97. The van der Waals surface area contributed by atoms with Gasteiger partial charge in [-0.15, -0.1) is 6.42 Å². The average molecular weight is 214 g/mol. The van der Waals surface area contributed by atoms with Gasteiger partial charge in [-0.3, -0.25) is 0 Å². The highest BCUT2D eigenvalue weighted by atomic mass is 15.3. The van der Waals surface area contributed by atoms with Crippen molar-refractivity contribution in [2.45, 2.75) is 25.8 Å². The fraction of sp³-hybridized carbons (Fsp3) is 0.467. The van der Waals surface area contributed by atoms with Crippen LogP contribution in [-0.2, 0) is 6.42 Å². The Hall–Kier alpha value is -1.26. The SMILES string of the molecule is C#CC[N+](C)(C)C1CCc2cc(C)ccc21. The lowest BCUT2D eigenvalue weighted by atomic mass is 10.0. The van der Waals surface area contributed by atoms with Crippen LogP contribution in [0.25, 0.3) is 0 Å². The van der Waals surface area contributed by atoms with Crippen molar-refractivity contribution in [3.63, 3.8) is 0 Å². The van der Waals surface area contributed by atoms with Crippen LogP contribution in [0.1, 0.15) is 29.2 Å². The van der Waals surface area contributed by atoms with Gasteiger partial charge in [-0.05, 0) is 24.8 Å². The van der Waals surface area contributed by atoms with Crippen LogP contribution in [0.15, 0.2) is 18.2 Å². The van der Waals surface area contributed by atoms with Gasteiger partial charge in [0.1, 0.15) is 12.6 Å². The zero-order valence-electron chi connectivity index (χ0n) is 10.5. The number of hydrogen-bond donors (Lipinski definition) is 0. The second kappa shape index (κ2) is 3.96. The number of benzene rings is 1. The maximum Gasteiger partial charge on any atom is 0.140 e. The molecule has 1 heteroatoms. The molecule has 0 aromatic heterocycles. The second-order valence-electron chi connectivity index (χ2n) is 5.40. The summed E-state index contributed by atoms with van der Waals surface area (Å²) in [6.07, 6.45) is 7.89. The minimum absolute atomic E-state index is 0.576. The summed E-state index contributed by atoms with van der Waals surface area (Å²) in [4.78, 5) is 0. The van der Waals surface area contributed by atoms with E-state index in [0.29, 0.717) is 6.04 Å². The van der Waals surface area contributed by atoms with Gasteiger partial charge in [-0.1, -0.05) is 23.8 Å². The number of terminal acetylenes is 1. The summed E-state index contributed by atoms with van der Waals surface area (Å²) in [5.41, 5.74) is 4.39. The molecule has 0 saturated heterocycles. The van der Waals surface area contributed by atoms with Gasteiger partial charge in [0.25, 0.3) is 0 Å². The van der Waals surface area contributed by atoms with Crippen molar-refractivity contribution in [3.8, 4) is 12.3 Å². The molecular weight excluding hydrogens is 194 g/mol. The molecule has 0 amide bonds. The first-order chi connectivity index (χ1) is 7.54. The molecule has 0 N–H and O–H groups in total. The van der Waals surface area contributed by atoms with E-state index in [4.69, 9.17) is 6.42 Å². The first kappa shape index (κ1) is 11.2. The topological polar surface area (TPSA) is 0 Å². The summed E-state index contributed by atoms with van der Waals surface area (Å²) in [5.74, 6) is 2.80. The van der Waals surface area contributed by atoms with Crippen LogP contribution in [0.2, 0.25) is 0 Å². The minimum Gasteiger partial charge on any atom is -0.312 e. The molecule has 0 saturated carbocycles. The molecule has 1 atom stereocenters. The maximum absolute atomic E-state index is 5.46. The number of rotatable bonds is 2. The monoisotopic (exact) mass is 214 g/mol. The number of quaternary nitrogens is 1. The molecule has 16 heavy (non-hydrogen) atoms. The van der Waals surface area contributed by atoms with E-state index < -0.39 is 0 Å². The number of hydrogen-bond acceptors (Lipinski definition) is 0. The van der Waals surface area contributed by atoms with Crippen molar-refractivity contribution < 1.29 is 4.48 Å². The van der Waals surface area contributed by atoms with E-state index in [1.54, 1.807) is 0 Å². The second-order valence-corrected chi connectivity index (χ2v) is 5.40. The molecule has 0 radical (unpaired) electrons. The number of aryl methyl sites for hydroxylation is 2. The highest BCUT2D eigenvalue weighted by Crippen LogP contribution is 2.38. The Labute approximate surface area is 98.7 Å².